The summed E-state index contributed by atoms with van der Waals surface area (Å²) in [5, 5.41) is 13.0. The Morgan fingerprint density at radius 2 is 1.94 bits per heavy atom. The SMILES string of the molecule is CC(=Nc1ncnc(N)c1-c1nnc(C)o1)c1cc2ncc(Cl)n2nc1-c1ccccc1. The summed E-state index contributed by atoms with van der Waals surface area (Å²) in [7, 11) is 0. The van der Waals surface area contributed by atoms with Crippen LogP contribution in [0.1, 0.15) is 18.4 Å². The van der Waals surface area contributed by atoms with E-state index >= 15 is 0 Å². The molecule has 0 saturated heterocycles. The maximum Gasteiger partial charge on any atom is 0.255 e. The van der Waals surface area contributed by atoms with E-state index < -0.39 is 0 Å². The average Bonchev–Trinajstić information content (AvgIpc) is 3.39. The molecule has 0 aliphatic heterocycles. The quantitative estimate of drug-likeness (QED) is 0.411. The third-order valence-electron chi connectivity index (χ3n) is 4.76. The fraction of sp³-hybridized carbons (Fsp3) is 0.0952. The normalized spacial score (nSPS) is 11.9. The predicted octanol–water partition coefficient (Wildman–Crippen LogP) is 3.92. The molecule has 0 radical (unpaired) electrons. The third-order valence-corrected chi connectivity index (χ3v) is 5.02. The monoisotopic (exact) mass is 445 g/mol. The summed E-state index contributed by atoms with van der Waals surface area (Å²) in [6.45, 7) is 3.54. The highest BCUT2D eigenvalue weighted by Crippen LogP contribution is 2.32. The van der Waals surface area contributed by atoms with E-state index in [-0.39, 0.29) is 11.7 Å². The van der Waals surface area contributed by atoms with E-state index in [4.69, 9.17) is 31.8 Å². The number of imidazole rings is 1. The Morgan fingerprint density at radius 3 is 2.69 bits per heavy atom. The van der Waals surface area contributed by atoms with Crippen molar-refractivity contribution in [1.29, 1.82) is 0 Å². The Labute approximate surface area is 186 Å². The zero-order chi connectivity index (χ0) is 22.2. The summed E-state index contributed by atoms with van der Waals surface area (Å²) < 4.78 is 7.12. The molecule has 0 unspecified atom stereocenters. The van der Waals surface area contributed by atoms with E-state index in [0.717, 1.165) is 11.1 Å². The van der Waals surface area contributed by atoms with Gasteiger partial charge in [-0.05, 0) is 13.0 Å². The van der Waals surface area contributed by atoms with Crippen LogP contribution in [0, 0.1) is 6.92 Å². The van der Waals surface area contributed by atoms with Gasteiger partial charge in [-0.1, -0.05) is 41.9 Å². The molecule has 5 rings (SSSR count). The van der Waals surface area contributed by atoms with Crippen LogP contribution in [0.3, 0.4) is 0 Å². The third kappa shape index (κ3) is 3.46. The Kier molecular flexibility index (Phi) is 4.83. The second-order valence-corrected chi connectivity index (χ2v) is 7.29. The lowest BCUT2D eigenvalue weighted by Gasteiger charge is -2.11. The molecule has 158 valence electrons. The molecule has 0 aliphatic rings. The first kappa shape index (κ1) is 19.8. The molecule has 0 fully saturated rings. The number of nitrogens with two attached hydrogens (primary N) is 1. The lowest BCUT2D eigenvalue weighted by atomic mass is 10.0. The Balaban J connectivity index is 1.71. The minimum atomic E-state index is 0.187. The summed E-state index contributed by atoms with van der Waals surface area (Å²) in [4.78, 5) is 17.4. The Morgan fingerprint density at radius 1 is 1.12 bits per heavy atom. The van der Waals surface area contributed by atoms with E-state index in [1.165, 1.54) is 6.33 Å². The molecule has 5 aromatic rings. The number of aromatic nitrogens is 7. The number of nitrogens with zero attached hydrogens (tertiary/aromatic N) is 8. The molecular formula is C21H16ClN9O. The fourth-order valence-corrected chi connectivity index (χ4v) is 3.44. The highest BCUT2D eigenvalue weighted by molar-refractivity contribution is 6.29. The van der Waals surface area contributed by atoms with Gasteiger partial charge in [0.25, 0.3) is 5.89 Å². The predicted molar refractivity (Wildman–Crippen MR) is 120 cm³/mol. The van der Waals surface area contributed by atoms with Crippen LogP contribution in [0.2, 0.25) is 5.15 Å². The second kappa shape index (κ2) is 7.82. The van der Waals surface area contributed by atoms with Gasteiger partial charge in [0.15, 0.2) is 16.6 Å². The van der Waals surface area contributed by atoms with Crippen molar-refractivity contribution in [2.75, 3.05) is 5.73 Å². The number of fused-ring (bicyclic) bond motifs is 1. The van der Waals surface area contributed by atoms with Gasteiger partial charge >= 0.3 is 0 Å². The Hall–Kier alpha value is -4.18. The molecule has 0 saturated carbocycles. The lowest BCUT2D eigenvalue weighted by molar-refractivity contribution is 0.533. The van der Waals surface area contributed by atoms with Crippen LogP contribution in [0.4, 0.5) is 11.6 Å². The van der Waals surface area contributed by atoms with Gasteiger partial charge in [-0.15, -0.1) is 10.2 Å². The molecule has 0 bridgehead atoms. The van der Waals surface area contributed by atoms with Crippen molar-refractivity contribution >= 4 is 34.6 Å². The maximum atomic E-state index is 6.26. The molecule has 0 spiro atoms. The smallest absolute Gasteiger partial charge is 0.255 e. The molecule has 32 heavy (non-hydrogen) atoms. The van der Waals surface area contributed by atoms with Gasteiger partial charge in [0.1, 0.15) is 23.4 Å². The van der Waals surface area contributed by atoms with Crippen LogP contribution in [0.25, 0.3) is 28.4 Å². The summed E-state index contributed by atoms with van der Waals surface area (Å²) >= 11 is 6.26. The first-order chi connectivity index (χ1) is 15.5. The van der Waals surface area contributed by atoms with Gasteiger partial charge in [0.2, 0.25) is 5.89 Å². The number of aryl methyl sites for hydroxylation is 1. The van der Waals surface area contributed by atoms with Crippen LogP contribution in [-0.2, 0) is 0 Å². The average molecular weight is 446 g/mol. The first-order valence-electron chi connectivity index (χ1n) is 9.57. The minimum absolute atomic E-state index is 0.187. The van der Waals surface area contributed by atoms with Gasteiger partial charge in [-0.2, -0.15) is 5.10 Å². The van der Waals surface area contributed by atoms with Crippen LogP contribution >= 0.6 is 11.6 Å². The van der Waals surface area contributed by atoms with Crippen LogP contribution in [0.15, 0.2) is 58.3 Å². The Bertz CT molecular complexity index is 1470. The number of nitrogen functional groups attached to an aromatic ring is 1. The van der Waals surface area contributed by atoms with Gasteiger partial charge in [-0.25, -0.2) is 24.5 Å². The molecule has 0 aliphatic carbocycles. The lowest BCUT2D eigenvalue weighted by Crippen LogP contribution is -2.06. The molecule has 1 aromatic carbocycles. The molecule has 0 atom stereocenters. The number of aliphatic imine (C=N–C) groups is 1. The van der Waals surface area contributed by atoms with Gasteiger partial charge in [-0.3, -0.25) is 0 Å². The van der Waals surface area contributed by atoms with Crippen molar-refractivity contribution < 1.29 is 4.42 Å². The summed E-state index contributed by atoms with van der Waals surface area (Å²) in [5.74, 6) is 1.09. The summed E-state index contributed by atoms with van der Waals surface area (Å²) in [6, 6.07) is 11.6. The van der Waals surface area contributed by atoms with Crippen molar-refractivity contribution in [2.24, 2.45) is 4.99 Å². The molecule has 2 N–H and O–H groups in total. The standard InChI is InChI=1S/C21H16ClN9O/c1-11(27-20-17(19(23)25-10-26-20)21-29-28-12(2)32-21)14-8-16-24-9-15(22)31(16)30-18(14)13-6-4-3-5-7-13/h3-10H,1-2H3,(H2,23,25,26). The van der Waals surface area contributed by atoms with Gasteiger partial charge in [0, 0.05) is 23.8 Å². The topological polar surface area (TPSA) is 133 Å². The van der Waals surface area contributed by atoms with E-state index in [1.807, 2.05) is 43.3 Å². The highest BCUT2D eigenvalue weighted by Gasteiger charge is 2.19. The first-order valence-corrected chi connectivity index (χ1v) is 9.95. The molecule has 4 aromatic heterocycles. The fourth-order valence-electron chi connectivity index (χ4n) is 3.27. The zero-order valence-corrected chi connectivity index (χ0v) is 17.8. The summed E-state index contributed by atoms with van der Waals surface area (Å²) in [5.41, 5.74) is 10.0. The van der Waals surface area contributed by atoms with Crippen molar-refractivity contribution in [3.63, 3.8) is 0 Å². The van der Waals surface area contributed by atoms with Crippen molar-refractivity contribution in [3.05, 3.63) is 65.5 Å². The zero-order valence-electron chi connectivity index (χ0n) is 17.1. The molecule has 0 amide bonds. The van der Waals surface area contributed by atoms with Crippen molar-refractivity contribution in [3.8, 4) is 22.7 Å². The number of halogens is 1. The summed E-state index contributed by atoms with van der Waals surface area (Å²) in [6.07, 6.45) is 2.89. The molecule has 10 nitrogen and oxygen atoms in total. The van der Waals surface area contributed by atoms with E-state index in [0.29, 0.717) is 39.5 Å². The largest absolute Gasteiger partial charge is 0.421 e. The van der Waals surface area contributed by atoms with Crippen LogP contribution < -0.4 is 5.73 Å². The number of anilines is 1. The number of rotatable bonds is 4. The number of hydrogen-bond donors (Lipinski definition) is 1. The minimum Gasteiger partial charge on any atom is -0.421 e. The van der Waals surface area contributed by atoms with E-state index in [9.17, 15) is 0 Å². The van der Waals surface area contributed by atoms with E-state index in [2.05, 4.69) is 25.1 Å². The van der Waals surface area contributed by atoms with Crippen molar-refractivity contribution in [1.82, 2.24) is 34.8 Å². The van der Waals surface area contributed by atoms with Crippen LogP contribution in [-0.4, -0.2) is 40.5 Å². The van der Waals surface area contributed by atoms with Crippen molar-refractivity contribution in [2.45, 2.75) is 13.8 Å². The van der Waals surface area contributed by atoms with Gasteiger partial charge in [0.05, 0.1) is 6.20 Å². The highest BCUT2D eigenvalue weighted by atomic mass is 35.5. The maximum absolute atomic E-state index is 6.26. The van der Waals surface area contributed by atoms with E-state index in [1.54, 1.807) is 17.6 Å². The number of benzene rings is 1. The second-order valence-electron chi connectivity index (χ2n) is 6.90. The van der Waals surface area contributed by atoms with Gasteiger partial charge < -0.3 is 10.2 Å². The molecule has 4 heterocycles. The van der Waals surface area contributed by atoms with Crippen LogP contribution in [0.5, 0.6) is 0 Å². The number of hydrogen-bond acceptors (Lipinski definition) is 9. The molecular weight excluding hydrogens is 430 g/mol. The molecule has 11 heteroatoms.